The SMILES string of the molecule is Cc1cc(N=Nc2c(S(=O)(=O)O)cc3cc(S(=O)(=O)O)c(N)cc3c2O)c(OC(O)CO)cc1N=Nc1cccc2ccc(S(=O)(=O)O)cc12. The number of benzene rings is 5. The first-order valence-electron chi connectivity index (χ1n) is 13.8. The number of phenolic OH excluding ortho intramolecular Hbond substituents is 1. The molecule has 0 spiro atoms. The molecule has 50 heavy (non-hydrogen) atoms. The summed E-state index contributed by atoms with van der Waals surface area (Å²) in [5.74, 6) is -1.18. The Morgan fingerprint density at radius 2 is 1.36 bits per heavy atom. The first-order chi connectivity index (χ1) is 23.3. The average molecular weight is 748 g/mol. The minimum Gasteiger partial charge on any atom is -0.505 e. The van der Waals surface area contributed by atoms with E-state index in [0.717, 1.165) is 18.2 Å². The molecule has 1 atom stereocenters. The summed E-state index contributed by atoms with van der Waals surface area (Å²) in [5, 5.41) is 46.9. The second kappa shape index (κ2) is 13.3. The van der Waals surface area contributed by atoms with E-state index in [2.05, 4.69) is 20.5 Å². The molecular weight excluding hydrogens is 723 g/mol. The van der Waals surface area contributed by atoms with Crippen molar-refractivity contribution in [3.05, 3.63) is 72.3 Å². The minimum atomic E-state index is -5.15. The highest BCUT2D eigenvalue weighted by Crippen LogP contribution is 2.44. The van der Waals surface area contributed by atoms with E-state index in [-0.39, 0.29) is 38.5 Å². The molecule has 0 fully saturated rings. The van der Waals surface area contributed by atoms with Gasteiger partial charge in [-0.25, -0.2) is 0 Å². The normalized spacial score (nSPS) is 13.5. The second-order valence-electron chi connectivity index (χ2n) is 10.5. The molecule has 0 saturated heterocycles. The van der Waals surface area contributed by atoms with Gasteiger partial charge in [0.05, 0.1) is 22.0 Å². The van der Waals surface area contributed by atoms with Crippen LogP contribution in [0.25, 0.3) is 21.5 Å². The molecule has 18 nitrogen and oxygen atoms in total. The van der Waals surface area contributed by atoms with Crippen molar-refractivity contribution >= 4 is 80.3 Å². The van der Waals surface area contributed by atoms with Crippen LogP contribution in [-0.2, 0) is 30.4 Å². The van der Waals surface area contributed by atoms with E-state index >= 15 is 0 Å². The number of hydrogen-bond donors (Lipinski definition) is 7. The summed E-state index contributed by atoms with van der Waals surface area (Å²) in [6, 6.07) is 13.8. The molecule has 5 rings (SSSR count). The third-order valence-corrected chi connectivity index (χ3v) is 9.71. The van der Waals surface area contributed by atoms with Crippen LogP contribution in [-0.4, -0.2) is 67.1 Å². The number of aliphatic hydroxyl groups is 2. The van der Waals surface area contributed by atoms with Gasteiger partial charge in [0.15, 0.2) is 11.5 Å². The van der Waals surface area contributed by atoms with Crippen molar-refractivity contribution in [3.63, 3.8) is 0 Å². The summed E-state index contributed by atoms with van der Waals surface area (Å²) >= 11 is 0. The highest BCUT2D eigenvalue weighted by Gasteiger charge is 2.25. The molecule has 5 aromatic carbocycles. The maximum Gasteiger partial charge on any atom is 0.296 e. The molecule has 0 heterocycles. The van der Waals surface area contributed by atoms with Gasteiger partial charge in [-0.3, -0.25) is 13.7 Å². The van der Waals surface area contributed by atoms with E-state index in [1.54, 1.807) is 19.1 Å². The van der Waals surface area contributed by atoms with Crippen molar-refractivity contribution in [3.8, 4) is 11.5 Å². The van der Waals surface area contributed by atoms with Crippen molar-refractivity contribution < 1.29 is 59.0 Å². The number of phenols is 1. The summed E-state index contributed by atoms with van der Waals surface area (Å²) in [6.07, 6.45) is -1.80. The zero-order chi connectivity index (χ0) is 36.8. The lowest BCUT2D eigenvalue weighted by molar-refractivity contribution is -0.0545. The number of azo groups is 2. The maximum atomic E-state index is 12.3. The number of ether oxygens (including phenoxy) is 1. The lowest BCUT2D eigenvalue weighted by Crippen LogP contribution is -2.19. The van der Waals surface area contributed by atoms with Crippen molar-refractivity contribution in [1.29, 1.82) is 0 Å². The fraction of sp³-hybridized carbons (Fsp3) is 0.103. The van der Waals surface area contributed by atoms with E-state index in [0.29, 0.717) is 16.3 Å². The lowest BCUT2D eigenvalue weighted by Gasteiger charge is -2.14. The monoisotopic (exact) mass is 747 g/mol. The van der Waals surface area contributed by atoms with Crippen LogP contribution >= 0.6 is 0 Å². The number of nitrogens with zero attached hydrogens (tertiary/aromatic N) is 4. The fourth-order valence-electron chi connectivity index (χ4n) is 4.73. The van der Waals surface area contributed by atoms with Gasteiger partial charge in [0.1, 0.15) is 27.8 Å². The average Bonchev–Trinajstić information content (AvgIpc) is 3.02. The van der Waals surface area contributed by atoms with Gasteiger partial charge in [0, 0.05) is 16.8 Å². The summed E-state index contributed by atoms with van der Waals surface area (Å²) in [7, 11) is -14.5. The quantitative estimate of drug-likeness (QED) is 0.0435. The van der Waals surface area contributed by atoms with Gasteiger partial charge in [-0.2, -0.15) is 30.4 Å². The van der Waals surface area contributed by atoms with Gasteiger partial charge in [0.2, 0.25) is 6.29 Å². The largest absolute Gasteiger partial charge is 0.505 e. The van der Waals surface area contributed by atoms with Crippen LogP contribution in [0.3, 0.4) is 0 Å². The van der Waals surface area contributed by atoms with E-state index in [1.807, 2.05) is 0 Å². The maximum absolute atomic E-state index is 12.3. The van der Waals surface area contributed by atoms with Crippen molar-refractivity contribution in [2.75, 3.05) is 12.3 Å². The number of aromatic hydroxyl groups is 1. The fourth-order valence-corrected chi connectivity index (χ4v) is 6.53. The molecule has 5 aromatic rings. The molecular formula is C29H25N5O13S3. The molecule has 8 N–H and O–H groups in total. The highest BCUT2D eigenvalue weighted by molar-refractivity contribution is 7.86. The number of aryl methyl sites for hydroxylation is 1. The van der Waals surface area contributed by atoms with Gasteiger partial charge in [-0.05, 0) is 65.7 Å². The Balaban J connectivity index is 1.63. The zero-order valence-corrected chi connectivity index (χ0v) is 27.7. The van der Waals surface area contributed by atoms with Crippen LogP contribution in [0.15, 0.2) is 102 Å². The highest BCUT2D eigenvalue weighted by atomic mass is 32.2. The van der Waals surface area contributed by atoms with Gasteiger partial charge in [-0.15, -0.1) is 15.3 Å². The number of rotatable bonds is 10. The molecule has 1 unspecified atom stereocenters. The standard InChI is InChI=1S/C29H25N5O13S3/c1-14-7-23(33-34-28-26(50(44,45)46)9-16-8-25(49(41,42)43)20(30)11-19(16)29(28)37)24(47-27(36)13-35)12-22(14)32-31-21-4-2-3-15-5-6-17(10-18(15)21)48(38,39)40/h2-12,27,35-37H,13,30H2,1H3,(H,38,39,40)(H,41,42,43)(H,44,45,46). The number of fused-ring (bicyclic) bond motifs is 2. The molecule has 0 bridgehead atoms. The van der Waals surface area contributed by atoms with Crippen LogP contribution in [0.5, 0.6) is 11.5 Å². The third-order valence-electron chi connectivity index (χ3n) is 7.09. The van der Waals surface area contributed by atoms with Gasteiger partial charge >= 0.3 is 0 Å². The Morgan fingerprint density at radius 1 is 0.720 bits per heavy atom. The first-order valence-corrected chi connectivity index (χ1v) is 18.1. The minimum absolute atomic E-state index is 0.115. The van der Waals surface area contributed by atoms with Crippen LogP contribution in [0.4, 0.5) is 28.4 Å². The Morgan fingerprint density at radius 3 is 2.00 bits per heavy atom. The molecule has 0 radical (unpaired) electrons. The topological polar surface area (TPSA) is 308 Å². The predicted octanol–water partition coefficient (Wildman–Crippen LogP) is 4.85. The Labute approximate surface area is 283 Å². The van der Waals surface area contributed by atoms with Gasteiger partial charge < -0.3 is 25.8 Å². The predicted molar refractivity (Wildman–Crippen MR) is 177 cm³/mol. The number of anilines is 1. The van der Waals surface area contributed by atoms with Gasteiger partial charge in [0.25, 0.3) is 30.4 Å². The zero-order valence-electron chi connectivity index (χ0n) is 25.3. The van der Waals surface area contributed by atoms with Crippen LogP contribution in [0.2, 0.25) is 0 Å². The van der Waals surface area contributed by atoms with Crippen LogP contribution in [0.1, 0.15) is 5.56 Å². The molecule has 0 aliphatic heterocycles. The molecule has 21 heteroatoms. The first kappa shape index (κ1) is 36.2. The summed E-state index contributed by atoms with van der Waals surface area (Å²) in [4.78, 5) is -2.17. The third kappa shape index (κ3) is 7.54. The summed E-state index contributed by atoms with van der Waals surface area (Å²) in [5.41, 5.74) is 4.86. The molecule has 0 aliphatic carbocycles. The lowest BCUT2D eigenvalue weighted by atomic mass is 10.1. The second-order valence-corrected chi connectivity index (χ2v) is 14.7. The summed E-state index contributed by atoms with van der Waals surface area (Å²) in [6.45, 7) is 0.671. The molecule has 0 aliphatic rings. The van der Waals surface area contributed by atoms with E-state index in [4.69, 9.17) is 10.5 Å². The van der Waals surface area contributed by atoms with Gasteiger partial charge in [-0.1, -0.05) is 18.2 Å². The molecule has 0 aromatic heterocycles. The molecule has 262 valence electrons. The number of hydrogen-bond acceptors (Lipinski definition) is 15. The Bertz CT molecular complexity index is 2590. The van der Waals surface area contributed by atoms with Crippen LogP contribution in [0, 0.1) is 6.92 Å². The molecule has 0 saturated carbocycles. The Kier molecular flexibility index (Phi) is 9.62. The number of nitrogen functional groups attached to an aromatic ring is 1. The molecule has 0 amide bonds. The smallest absolute Gasteiger partial charge is 0.296 e. The summed E-state index contributed by atoms with van der Waals surface area (Å²) < 4.78 is 106. The Hall–Kier alpha value is -5.13. The van der Waals surface area contributed by atoms with E-state index < -0.39 is 70.2 Å². The number of nitrogens with two attached hydrogens (primary N) is 1. The van der Waals surface area contributed by atoms with Crippen molar-refractivity contribution in [2.24, 2.45) is 20.5 Å². The van der Waals surface area contributed by atoms with Crippen molar-refractivity contribution in [1.82, 2.24) is 0 Å². The number of aliphatic hydroxyl groups excluding tert-OH is 2. The van der Waals surface area contributed by atoms with E-state index in [9.17, 15) is 54.2 Å². The van der Waals surface area contributed by atoms with E-state index in [1.165, 1.54) is 36.4 Å². The van der Waals surface area contributed by atoms with Crippen LogP contribution < -0.4 is 10.5 Å². The van der Waals surface area contributed by atoms with Crippen molar-refractivity contribution in [2.45, 2.75) is 27.9 Å².